The second-order valence-corrected chi connectivity index (χ2v) is 7.70. The molecule has 5 nitrogen and oxygen atoms in total. The van der Waals surface area contributed by atoms with Gasteiger partial charge in [0.25, 0.3) is 0 Å². The molecular weight excluding hydrogens is 346 g/mol. The fourth-order valence-corrected chi connectivity index (χ4v) is 4.32. The van der Waals surface area contributed by atoms with Gasteiger partial charge < -0.3 is 9.64 Å². The van der Waals surface area contributed by atoms with E-state index < -0.39 is 0 Å². The van der Waals surface area contributed by atoms with E-state index in [1.54, 1.807) is 17.4 Å². The normalized spacial score (nSPS) is 23.9. The SMILES string of the molecule is O=C(/C=C/c1cccs1)N1CC[C@@H]2OCCN(Cc3ccncc3)[C@H]2C1. The van der Waals surface area contributed by atoms with Crippen molar-refractivity contribution in [3.63, 3.8) is 0 Å². The lowest BCUT2D eigenvalue weighted by Crippen LogP contribution is -2.60. The van der Waals surface area contributed by atoms with Gasteiger partial charge in [-0.1, -0.05) is 6.07 Å². The summed E-state index contributed by atoms with van der Waals surface area (Å²) in [6.45, 7) is 4.02. The lowest BCUT2D eigenvalue weighted by Gasteiger charge is -2.47. The van der Waals surface area contributed by atoms with Crippen LogP contribution >= 0.6 is 11.3 Å². The topological polar surface area (TPSA) is 45.7 Å². The Hall–Kier alpha value is -2.02. The molecule has 26 heavy (non-hydrogen) atoms. The standard InChI is InChI=1S/C20H23N3O2S/c24-20(4-3-17-2-1-13-26-17)23-10-7-19-18(15-23)22(11-12-25-19)14-16-5-8-21-9-6-16/h1-6,8-9,13,18-19H,7,10-12,14-15H2/b4-3+/t18-,19-/m0/s1. The number of likely N-dealkylation sites (tertiary alicyclic amines) is 1. The Kier molecular flexibility index (Phi) is 5.43. The van der Waals surface area contributed by atoms with Crippen LogP contribution in [-0.4, -0.2) is 59.1 Å². The molecule has 0 spiro atoms. The van der Waals surface area contributed by atoms with Crippen molar-refractivity contribution in [2.45, 2.75) is 25.1 Å². The quantitative estimate of drug-likeness (QED) is 0.778. The first-order chi connectivity index (χ1) is 12.8. The molecule has 0 radical (unpaired) electrons. The number of amides is 1. The number of carbonyl (C=O) groups excluding carboxylic acids is 1. The van der Waals surface area contributed by atoms with E-state index in [2.05, 4.69) is 22.0 Å². The molecule has 0 aliphatic carbocycles. The number of morpholine rings is 1. The third-order valence-electron chi connectivity index (χ3n) is 5.08. The third kappa shape index (κ3) is 4.03. The Labute approximate surface area is 157 Å². The molecule has 2 atom stereocenters. The number of ether oxygens (including phenoxy) is 1. The van der Waals surface area contributed by atoms with E-state index in [1.165, 1.54) is 5.56 Å². The van der Waals surface area contributed by atoms with Gasteiger partial charge in [-0.25, -0.2) is 0 Å². The molecule has 0 saturated carbocycles. The monoisotopic (exact) mass is 369 g/mol. The van der Waals surface area contributed by atoms with Crippen molar-refractivity contribution in [2.75, 3.05) is 26.2 Å². The highest BCUT2D eigenvalue weighted by Gasteiger charge is 2.37. The molecule has 2 aromatic rings. The highest BCUT2D eigenvalue weighted by molar-refractivity contribution is 7.10. The number of aromatic nitrogens is 1. The molecular formula is C20H23N3O2S. The van der Waals surface area contributed by atoms with Gasteiger partial charge in [-0.2, -0.15) is 0 Å². The van der Waals surface area contributed by atoms with E-state index >= 15 is 0 Å². The molecule has 136 valence electrons. The maximum atomic E-state index is 12.6. The van der Waals surface area contributed by atoms with Gasteiger partial charge in [0.2, 0.25) is 5.91 Å². The van der Waals surface area contributed by atoms with E-state index in [4.69, 9.17) is 4.74 Å². The molecule has 4 rings (SSSR count). The van der Waals surface area contributed by atoms with E-state index in [0.29, 0.717) is 0 Å². The summed E-state index contributed by atoms with van der Waals surface area (Å²) in [6, 6.07) is 8.38. The summed E-state index contributed by atoms with van der Waals surface area (Å²) in [5.41, 5.74) is 1.25. The van der Waals surface area contributed by atoms with E-state index in [0.717, 1.165) is 44.1 Å². The van der Waals surface area contributed by atoms with Crippen LogP contribution in [0.25, 0.3) is 6.08 Å². The van der Waals surface area contributed by atoms with Crippen molar-refractivity contribution in [1.29, 1.82) is 0 Å². The summed E-state index contributed by atoms with van der Waals surface area (Å²) in [5, 5.41) is 2.02. The molecule has 2 aliphatic rings. The minimum atomic E-state index is 0.0892. The Morgan fingerprint density at radius 3 is 3.00 bits per heavy atom. The van der Waals surface area contributed by atoms with Gasteiger partial charge in [0.1, 0.15) is 0 Å². The fraction of sp³-hybridized carbons (Fsp3) is 0.400. The summed E-state index contributed by atoms with van der Waals surface area (Å²) in [7, 11) is 0. The number of thiophene rings is 1. The second kappa shape index (κ2) is 8.12. The number of carbonyl (C=O) groups is 1. The summed E-state index contributed by atoms with van der Waals surface area (Å²) in [6.07, 6.45) is 8.39. The molecule has 0 aromatic carbocycles. The minimum Gasteiger partial charge on any atom is -0.375 e. The number of hydrogen-bond acceptors (Lipinski definition) is 5. The van der Waals surface area contributed by atoms with Crippen LogP contribution in [0.3, 0.4) is 0 Å². The average molecular weight is 369 g/mol. The molecule has 0 N–H and O–H groups in total. The highest BCUT2D eigenvalue weighted by atomic mass is 32.1. The number of pyridine rings is 1. The van der Waals surface area contributed by atoms with Crippen molar-refractivity contribution in [3.8, 4) is 0 Å². The number of hydrogen-bond donors (Lipinski definition) is 0. The first-order valence-corrected chi connectivity index (χ1v) is 9.92. The van der Waals surface area contributed by atoms with Gasteiger partial charge in [-0.3, -0.25) is 14.7 Å². The van der Waals surface area contributed by atoms with Gasteiger partial charge >= 0.3 is 0 Å². The first-order valence-electron chi connectivity index (χ1n) is 9.04. The maximum Gasteiger partial charge on any atom is 0.246 e. The molecule has 0 bridgehead atoms. The van der Waals surface area contributed by atoms with Crippen molar-refractivity contribution < 1.29 is 9.53 Å². The van der Waals surface area contributed by atoms with Gasteiger partial charge in [0, 0.05) is 49.5 Å². The first kappa shape index (κ1) is 17.4. The second-order valence-electron chi connectivity index (χ2n) is 6.72. The number of rotatable bonds is 4. The molecule has 2 fully saturated rings. The van der Waals surface area contributed by atoms with Crippen LogP contribution in [0.2, 0.25) is 0 Å². The largest absolute Gasteiger partial charge is 0.375 e. The van der Waals surface area contributed by atoms with Gasteiger partial charge in [-0.05, 0) is 41.6 Å². The van der Waals surface area contributed by atoms with Crippen molar-refractivity contribution >= 4 is 23.3 Å². The lowest BCUT2D eigenvalue weighted by atomic mass is 9.98. The Morgan fingerprint density at radius 1 is 1.31 bits per heavy atom. The van der Waals surface area contributed by atoms with Gasteiger partial charge in [0.05, 0.1) is 18.8 Å². The van der Waals surface area contributed by atoms with Gasteiger partial charge in [-0.15, -0.1) is 11.3 Å². The van der Waals surface area contributed by atoms with Crippen molar-refractivity contribution in [2.24, 2.45) is 0 Å². The van der Waals surface area contributed by atoms with Crippen LogP contribution in [0.15, 0.2) is 48.1 Å². The zero-order valence-electron chi connectivity index (χ0n) is 14.7. The molecule has 1 amide bonds. The van der Waals surface area contributed by atoms with E-state index in [-0.39, 0.29) is 18.1 Å². The molecule has 2 aromatic heterocycles. The molecule has 2 saturated heterocycles. The Morgan fingerprint density at radius 2 is 2.19 bits per heavy atom. The molecule has 2 aliphatic heterocycles. The maximum absolute atomic E-state index is 12.6. The molecule has 4 heterocycles. The van der Waals surface area contributed by atoms with Crippen molar-refractivity contribution in [3.05, 3.63) is 58.6 Å². The average Bonchev–Trinajstić information content (AvgIpc) is 3.20. The Balaban J connectivity index is 1.42. The summed E-state index contributed by atoms with van der Waals surface area (Å²) >= 11 is 1.64. The molecule has 6 heteroatoms. The van der Waals surface area contributed by atoms with Crippen LogP contribution in [0, 0.1) is 0 Å². The lowest BCUT2D eigenvalue weighted by molar-refractivity contribution is -0.138. The van der Waals surface area contributed by atoms with Crippen LogP contribution in [0.4, 0.5) is 0 Å². The third-order valence-corrected chi connectivity index (χ3v) is 5.92. The minimum absolute atomic E-state index is 0.0892. The van der Waals surface area contributed by atoms with Crippen molar-refractivity contribution in [1.82, 2.24) is 14.8 Å². The number of fused-ring (bicyclic) bond motifs is 1. The summed E-state index contributed by atoms with van der Waals surface area (Å²) < 4.78 is 5.99. The zero-order chi connectivity index (χ0) is 17.8. The summed E-state index contributed by atoms with van der Waals surface area (Å²) in [5.74, 6) is 0.0892. The highest BCUT2D eigenvalue weighted by Crippen LogP contribution is 2.25. The zero-order valence-corrected chi connectivity index (χ0v) is 15.5. The van der Waals surface area contributed by atoms with Crippen LogP contribution in [0.1, 0.15) is 16.9 Å². The summed E-state index contributed by atoms with van der Waals surface area (Å²) in [4.78, 5) is 22.2. The Bertz CT molecular complexity index is 748. The van der Waals surface area contributed by atoms with Crippen LogP contribution < -0.4 is 0 Å². The van der Waals surface area contributed by atoms with Crippen LogP contribution in [0.5, 0.6) is 0 Å². The van der Waals surface area contributed by atoms with E-state index in [9.17, 15) is 4.79 Å². The van der Waals surface area contributed by atoms with E-state index in [1.807, 2.05) is 40.9 Å². The number of piperidine rings is 1. The fourth-order valence-electron chi connectivity index (χ4n) is 3.71. The van der Waals surface area contributed by atoms with Crippen LogP contribution in [-0.2, 0) is 16.1 Å². The smallest absolute Gasteiger partial charge is 0.246 e. The predicted molar refractivity (Wildman–Crippen MR) is 103 cm³/mol. The number of nitrogens with zero attached hydrogens (tertiary/aromatic N) is 3. The predicted octanol–water partition coefficient (Wildman–Crippen LogP) is 2.66. The molecule has 0 unspecified atom stereocenters. The van der Waals surface area contributed by atoms with Gasteiger partial charge in [0.15, 0.2) is 0 Å².